The van der Waals surface area contributed by atoms with Crippen molar-refractivity contribution in [2.24, 2.45) is 5.41 Å². The summed E-state index contributed by atoms with van der Waals surface area (Å²) in [7, 11) is 0. The third-order valence-electron chi connectivity index (χ3n) is 3.51. The van der Waals surface area contributed by atoms with E-state index in [1.165, 1.54) is 0 Å². The lowest BCUT2D eigenvalue weighted by Crippen LogP contribution is -2.49. The maximum atomic E-state index is 11.7. The summed E-state index contributed by atoms with van der Waals surface area (Å²) in [6.45, 7) is 4.61. The van der Waals surface area contributed by atoms with Gasteiger partial charge in [0, 0.05) is 0 Å². The topological polar surface area (TPSA) is 182 Å². The first-order valence-corrected chi connectivity index (χ1v) is 7.58. The van der Waals surface area contributed by atoms with Gasteiger partial charge in [0.2, 0.25) is 0 Å². The number of alkyl carbamates (subject to hydrolysis) is 1. The van der Waals surface area contributed by atoms with Gasteiger partial charge in [-0.25, -0.2) is 4.79 Å². The van der Waals surface area contributed by atoms with E-state index >= 15 is 0 Å². The third kappa shape index (κ3) is 7.32. The van der Waals surface area contributed by atoms with E-state index in [4.69, 9.17) is 14.9 Å². The number of nitrogens with one attached hydrogen (secondary N) is 1. The molecule has 0 saturated heterocycles. The predicted molar refractivity (Wildman–Crippen MR) is 83.7 cm³/mol. The van der Waals surface area contributed by atoms with Crippen LogP contribution in [0, 0.1) is 15.5 Å². The van der Waals surface area contributed by atoms with Crippen LogP contribution in [0.1, 0.15) is 40.0 Å². The molecule has 0 bridgehead atoms. The molecule has 0 rings (SSSR count). The molecule has 26 heavy (non-hydrogen) atoms. The van der Waals surface area contributed by atoms with E-state index in [-0.39, 0.29) is 13.2 Å². The summed E-state index contributed by atoms with van der Waals surface area (Å²) in [6.07, 6.45) is -3.55. The minimum atomic E-state index is -2.96. The van der Waals surface area contributed by atoms with Gasteiger partial charge in [0.25, 0.3) is 0 Å². The zero-order valence-electron chi connectivity index (χ0n) is 14.6. The van der Waals surface area contributed by atoms with Crippen molar-refractivity contribution in [1.82, 2.24) is 5.32 Å². The molecule has 0 radical (unpaired) electrons. The van der Waals surface area contributed by atoms with Crippen molar-refractivity contribution in [1.29, 1.82) is 0 Å². The molecular weight excluding hydrogens is 356 g/mol. The van der Waals surface area contributed by atoms with Crippen molar-refractivity contribution >= 4 is 24.0 Å². The number of nitro groups is 1. The smallest absolute Gasteiger partial charge is 0.412 e. The van der Waals surface area contributed by atoms with Crippen molar-refractivity contribution in [3.63, 3.8) is 0 Å². The first-order chi connectivity index (χ1) is 11.9. The number of carboxylic acids is 2. The summed E-state index contributed by atoms with van der Waals surface area (Å²) in [4.78, 5) is 54.7. The van der Waals surface area contributed by atoms with Crippen LogP contribution in [0.2, 0.25) is 0 Å². The number of esters is 1. The standard InChI is InChI=1S/C14H22N2O10/c1-4-13(2,3)11(21)25-6-5-15-12(22)26-14(16(23)24,7-9(17)18)8-10(19)20/h4-8H2,1-3H3,(H,15,22)(H,17,18)(H,19,20). The number of nitrogens with zero attached hydrogens (tertiary/aromatic N) is 1. The highest BCUT2D eigenvalue weighted by molar-refractivity contribution is 5.76. The van der Waals surface area contributed by atoms with Crippen LogP contribution < -0.4 is 5.32 Å². The van der Waals surface area contributed by atoms with Crippen LogP contribution >= 0.6 is 0 Å². The Kier molecular flexibility index (Phi) is 8.46. The molecule has 0 aromatic rings. The lowest BCUT2D eigenvalue weighted by molar-refractivity contribution is -0.618. The number of hydrogen-bond donors (Lipinski definition) is 3. The van der Waals surface area contributed by atoms with Gasteiger partial charge in [0.15, 0.2) is 12.8 Å². The fraction of sp³-hybridized carbons (Fsp3) is 0.714. The van der Waals surface area contributed by atoms with Crippen molar-refractivity contribution in [3.8, 4) is 0 Å². The molecule has 0 unspecified atom stereocenters. The Balaban J connectivity index is 4.76. The number of aliphatic carboxylic acids is 2. The quantitative estimate of drug-likeness (QED) is 0.151. The zero-order chi connectivity index (χ0) is 20.5. The SMILES string of the molecule is CCC(C)(C)C(=O)OCCNC(=O)OC(CC(=O)O)(CC(=O)O)[N+](=O)[O-]. The predicted octanol–water partition coefficient (Wildman–Crippen LogP) is 0.614. The molecule has 148 valence electrons. The average Bonchev–Trinajstić information content (AvgIpc) is 2.49. The maximum Gasteiger partial charge on any atom is 0.412 e. The van der Waals surface area contributed by atoms with Gasteiger partial charge in [-0.1, -0.05) is 6.92 Å². The molecule has 0 fully saturated rings. The molecule has 0 aliphatic rings. The van der Waals surface area contributed by atoms with Crippen molar-refractivity contribution in [2.45, 2.75) is 45.8 Å². The van der Waals surface area contributed by atoms with E-state index in [2.05, 4.69) is 4.74 Å². The summed E-state index contributed by atoms with van der Waals surface area (Å²) < 4.78 is 9.39. The lowest BCUT2D eigenvalue weighted by atomic mass is 9.91. The molecular formula is C14H22N2O10. The van der Waals surface area contributed by atoms with Gasteiger partial charge >= 0.3 is 29.7 Å². The summed E-state index contributed by atoms with van der Waals surface area (Å²) in [5.41, 5.74) is -3.67. The fourth-order valence-electron chi connectivity index (χ4n) is 1.62. The van der Waals surface area contributed by atoms with Crippen LogP contribution in [0.3, 0.4) is 0 Å². The molecule has 0 aromatic heterocycles. The van der Waals surface area contributed by atoms with E-state index in [0.717, 1.165) is 0 Å². The Bertz CT molecular complexity index is 556. The second kappa shape index (κ2) is 9.53. The van der Waals surface area contributed by atoms with E-state index in [0.29, 0.717) is 6.42 Å². The number of hydrogen-bond acceptors (Lipinski definition) is 8. The van der Waals surface area contributed by atoms with Crippen LogP contribution in [0.5, 0.6) is 0 Å². The highest BCUT2D eigenvalue weighted by Crippen LogP contribution is 2.23. The lowest BCUT2D eigenvalue weighted by Gasteiger charge is -2.22. The number of carbonyl (C=O) groups excluding carboxylic acids is 2. The number of rotatable bonds is 11. The van der Waals surface area contributed by atoms with Gasteiger partial charge < -0.3 is 25.0 Å². The number of carboxylic acid groups (broad SMARTS) is 2. The largest absolute Gasteiger partial charge is 0.481 e. The Morgan fingerprint density at radius 1 is 1.12 bits per heavy atom. The van der Waals surface area contributed by atoms with Gasteiger partial charge in [-0.05, 0) is 20.3 Å². The second-order valence-electron chi connectivity index (χ2n) is 6.03. The van der Waals surface area contributed by atoms with Gasteiger partial charge in [-0.15, -0.1) is 0 Å². The Morgan fingerprint density at radius 2 is 1.62 bits per heavy atom. The Labute approximate surface area is 148 Å². The molecule has 1 amide bonds. The Morgan fingerprint density at radius 3 is 2.00 bits per heavy atom. The third-order valence-corrected chi connectivity index (χ3v) is 3.51. The van der Waals surface area contributed by atoms with Crippen LogP contribution in [0.15, 0.2) is 0 Å². The summed E-state index contributed by atoms with van der Waals surface area (Å²) >= 11 is 0. The highest BCUT2D eigenvalue weighted by Gasteiger charge is 2.51. The molecule has 0 saturated carbocycles. The van der Waals surface area contributed by atoms with Crippen molar-refractivity contribution in [2.75, 3.05) is 13.2 Å². The highest BCUT2D eigenvalue weighted by atomic mass is 16.7. The first kappa shape index (κ1) is 23.1. The van der Waals surface area contributed by atoms with Crippen LogP contribution in [0.4, 0.5) is 4.79 Å². The van der Waals surface area contributed by atoms with Gasteiger partial charge in [-0.2, -0.15) is 0 Å². The monoisotopic (exact) mass is 378 g/mol. The molecule has 3 N–H and O–H groups in total. The van der Waals surface area contributed by atoms with Crippen LogP contribution in [-0.2, 0) is 23.9 Å². The summed E-state index contributed by atoms with van der Waals surface area (Å²) in [6, 6.07) is 0. The fourth-order valence-corrected chi connectivity index (χ4v) is 1.62. The molecule has 0 aliphatic heterocycles. The van der Waals surface area contributed by atoms with E-state index in [9.17, 15) is 29.3 Å². The summed E-state index contributed by atoms with van der Waals surface area (Å²) in [5.74, 6) is -3.94. The first-order valence-electron chi connectivity index (χ1n) is 7.58. The van der Waals surface area contributed by atoms with E-state index in [1.54, 1.807) is 20.8 Å². The van der Waals surface area contributed by atoms with Gasteiger partial charge in [0.1, 0.15) is 6.61 Å². The number of carbonyl (C=O) groups is 4. The van der Waals surface area contributed by atoms with Crippen molar-refractivity contribution < 1.29 is 43.8 Å². The van der Waals surface area contributed by atoms with Crippen LogP contribution in [0.25, 0.3) is 0 Å². The molecule has 0 aliphatic carbocycles. The molecule has 0 heterocycles. The second-order valence-corrected chi connectivity index (χ2v) is 6.03. The van der Waals surface area contributed by atoms with Crippen LogP contribution in [-0.4, -0.2) is 58.0 Å². The van der Waals surface area contributed by atoms with Crippen molar-refractivity contribution in [3.05, 3.63) is 10.1 Å². The van der Waals surface area contributed by atoms with Gasteiger partial charge in [-0.3, -0.25) is 24.5 Å². The molecule has 0 aromatic carbocycles. The number of amides is 1. The molecule has 12 nitrogen and oxygen atoms in total. The normalized spacial score (nSPS) is 11.3. The molecule has 0 atom stereocenters. The van der Waals surface area contributed by atoms with E-state index < -0.39 is 52.9 Å². The zero-order valence-corrected chi connectivity index (χ0v) is 14.6. The average molecular weight is 378 g/mol. The minimum absolute atomic E-state index is 0.249. The summed E-state index contributed by atoms with van der Waals surface area (Å²) in [5, 5.41) is 30.6. The van der Waals surface area contributed by atoms with E-state index in [1.807, 2.05) is 5.32 Å². The van der Waals surface area contributed by atoms with Gasteiger partial charge in [0.05, 0.1) is 16.9 Å². The maximum absolute atomic E-state index is 11.7. The molecule has 0 spiro atoms. The minimum Gasteiger partial charge on any atom is -0.481 e. The Hall–Kier alpha value is -2.92. The number of ether oxygens (including phenoxy) is 2. The molecule has 12 heteroatoms.